The second-order valence-corrected chi connectivity index (χ2v) is 9.64. The van der Waals surface area contributed by atoms with Crippen molar-refractivity contribution in [3.05, 3.63) is 60.3 Å². The summed E-state index contributed by atoms with van der Waals surface area (Å²) in [5.74, 6) is 0.691. The first-order valence-electron chi connectivity index (χ1n) is 11.6. The highest BCUT2D eigenvalue weighted by atomic mass is 32.2. The van der Waals surface area contributed by atoms with Crippen LogP contribution in [0.15, 0.2) is 59.9 Å². The van der Waals surface area contributed by atoms with Gasteiger partial charge >= 0.3 is 5.97 Å². The minimum absolute atomic E-state index is 0.0331. The third-order valence-electron chi connectivity index (χ3n) is 6.43. The van der Waals surface area contributed by atoms with Crippen LogP contribution in [-0.4, -0.2) is 62.5 Å². The van der Waals surface area contributed by atoms with Gasteiger partial charge in [-0.2, -0.15) is 0 Å². The van der Waals surface area contributed by atoms with Crippen LogP contribution in [0.4, 0.5) is 0 Å². The van der Waals surface area contributed by atoms with Crippen molar-refractivity contribution in [3.63, 3.8) is 0 Å². The zero-order chi connectivity index (χ0) is 24.4. The molecule has 0 aliphatic carbocycles. The number of rotatable bonds is 6. The summed E-state index contributed by atoms with van der Waals surface area (Å²) in [6, 6.07) is 16.3. The van der Waals surface area contributed by atoms with Gasteiger partial charge in [-0.3, -0.25) is 14.2 Å². The molecule has 1 aliphatic rings. The maximum atomic E-state index is 13.0. The molecule has 1 amide bonds. The van der Waals surface area contributed by atoms with E-state index >= 15 is 0 Å². The number of nitrogens with zero attached hydrogens (tertiary/aromatic N) is 4. The van der Waals surface area contributed by atoms with Gasteiger partial charge in [0, 0.05) is 41.4 Å². The standard InChI is InChI=1S/C26H27N5O3S/c1-17-6-5-7-19(14-17)31-24(21-15-27-22-9-4-3-8-20(21)22)28-29-26(31)35-16-23(32)30-12-10-18(11-13-30)25(33)34-2/h3-9,14-15,18,27H,10-13,16H2,1-2H3. The van der Waals surface area contributed by atoms with Gasteiger partial charge in [0.15, 0.2) is 11.0 Å². The number of H-pyrrole nitrogens is 1. The van der Waals surface area contributed by atoms with Gasteiger partial charge in [-0.15, -0.1) is 10.2 Å². The Bertz CT molecular complexity index is 1370. The van der Waals surface area contributed by atoms with Crippen LogP contribution in [-0.2, 0) is 14.3 Å². The second-order valence-electron chi connectivity index (χ2n) is 8.70. The number of methoxy groups -OCH3 is 1. The van der Waals surface area contributed by atoms with Crippen molar-refractivity contribution in [2.45, 2.75) is 24.9 Å². The van der Waals surface area contributed by atoms with Gasteiger partial charge in [0.2, 0.25) is 5.91 Å². The summed E-state index contributed by atoms with van der Waals surface area (Å²) in [7, 11) is 1.41. The molecule has 0 unspecified atom stereocenters. The third kappa shape index (κ3) is 4.68. The molecule has 180 valence electrons. The predicted octanol–water partition coefficient (Wildman–Crippen LogP) is 4.23. The quantitative estimate of drug-likeness (QED) is 0.322. The fourth-order valence-electron chi connectivity index (χ4n) is 4.54. The Kier molecular flexibility index (Phi) is 6.59. The molecular formula is C26H27N5O3S. The Balaban J connectivity index is 1.40. The highest BCUT2D eigenvalue weighted by molar-refractivity contribution is 7.99. The van der Waals surface area contributed by atoms with Crippen molar-refractivity contribution in [2.75, 3.05) is 26.0 Å². The summed E-state index contributed by atoms with van der Waals surface area (Å²) < 4.78 is 6.87. The van der Waals surface area contributed by atoms with Gasteiger partial charge in [0.25, 0.3) is 0 Å². The average Bonchev–Trinajstić information content (AvgIpc) is 3.51. The Morgan fingerprint density at radius 2 is 1.91 bits per heavy atom. The number of ether oxygens (including phenoxy) is 1. The van der Waals surface area contributed by atoms with Crippen molar-refractivity contribution in [1.82, 2.24) is 24.6 Å². The average molecular weight is 490 g/mol. The van der Waals surface area contributed by atoms with Crippen LogP contribution in [0.25, 0.3) is 28.0 Å². The maximum absolute atomic E-state index is 13.0. The number of amides is 1. The Morgan fingerprint density at radius 3 is 2.69 bits per heavy atom. The van der Waals surface area contributed by atoms with E-state index in [1.807, 2.05) is 59.0 Å². The van der Waals surface area contributed by atoms with Gasteiger partial charge in [-0.25, -0.2) is 0 Å². The highest BCUT2D eigenvalue weighted by Crippen LogP contribution is 2.33. The van der Waals surface area contributed by atoms with E-state index in [0.29, 0.717) is 31.1 Å². The topological polar surface area (TPSA) is 93.1 Å². The normalized spacial score (nSPS) is 14.4. The molecule has 1 N–H and O–H groups in total. The lowest BCUT2D eigenvalue weighted by molar-refractivity contribution is -0.148. The molecule has 0 saturated carbocycles. The molecule has 2 aromatic carbocycles. The van der Waals surface area contributed by atoms with Crippen molar-refractivity contribution >= 4 is 34.5 Å². The molecule has 0 spiro atoms. The van der Waals surface area contributed by atoms with Crippen LogP contribution in [0.5, 0.6) is 0 Å². The molecule has 4 aromatic rings. The highest BCUT2D eigenvalue weighted by Gasteiger charge is 2.28. The van der Waals surface area contributed by atoms with E-state index in [1.54, 1.807) is 0 Å². The first-order chi connectivity index (χ1) is 17.0. The van der Waals surface area contributed by atoms with Gasteiger partial charge < -0.3 is 14.6 Å². The Hall–Kier alpha value is -3.59. The smallest absolute Gasteiger partial charge is 0.308 e. The zero-order valence-electron chi connectivity index (χ0n) is 19.7. The summed E-state index contributed by atoms with van der Waals surface area (Å²) in [6.07, 6.45) is 3.21. The van der Waals surface area contributed by atoms with E-state index in [2.05, 4.69) is 27.3 Å². The number of benzene rings is 2. The molecule has 1 saturated heterocycles. The van der Waals surface area contributed by atoms with Crippen molar-refractivity contribution in [1.29, 1.82) is 0 Å². The molecule has 0 bridgehead atoms. The molecule has 1 aliphatic heterocycles. The lowest BCUT2D eigenvalue weighted by Gasteiger charge is -2.30. The van der Waals surface area contributed by atoms with E-state index in [0.717, 1.165) is 33.5 Å². The number of carbonyl (C=O) groups is 2. The minimum Gasteiger partial charge on any atom is -0.469 e. The molecule has 0 radical (unpaired) electrons. The molecule has 0 atom stereocenters. The predicted molar refractivity (Wildman–Crippen MR) is 135 cm³/mol. The minimum atomic E-state index is -0.192. The molecule has 35 heavy (non-hydrogen) atoms. The number of esters is 1. The van der Waals surface area contributed by atoms with Crippen LogP contribution in [0.1, 0.15) is 18.4 Å². The van der Waals surface area contributed by atoms with Crippen LogP contribution in [0.2, 0.25) is 0 Å². The van der Waals surface area contributed by atoms with Gasteiger partial charge in [-0.05, 0) is 43.5 Å². The molecular weight excluding hydrogens is 462 g/mol. The number of likely N-dealkylation sites (tertiary alicyclic amines) is 1. The summed E-state index contributed by atoms with van der Waals surface area (Å²) in [6.45, 7) is 3.17. The number of piperidine rings is 1. The fraction of sp³-hybridized carbons (Fsp3) is 0.308. The monoisotopic (exact) mass is 489 g/mol. The van der Waals surface area contributed by atoms with Gasteiger partial charge in [0.05, 0.1) is 18.8 Å². The number of para-hydroxylation sites is 1. The van der Waals surface area contributed by atoms with Gasteiger partial charge in [0.1, 0.15) is 0 Å². The number of hydrogen-bond acceptors (Lipinski definition) is 6. The van der Waals surface area contributed by atoms with E-state index in [9.17, 15) is 9.59 Å². The summed E-state index contributed by atoms with van der Waals surface area (Å²) in [5.41, 5.74) is 4.06. The number of hydrogen-bond donors (Lipinski definition) is 1. The number of aromatic nitrogens is 4. The summed E-state index contributed by atoms with van der Waals surface area (Å²) in [4.78, 5) is 29.9. The van der Waals surface area contributed by atoms with Crippen molar-refractivity contribution < 1.29 is 14.3 Å². The number of carbonyl (C=O) groups excluding carboxylic acids is 2. The molecule has 9 heteroatoms. The van der Waals surface area contributed by atoms with Crippen molar-refractivity contribution in [2.24, 2.45) is 5.92 Å². The van der Waals surface area contributed by atoms with Crippen LogP contribution in [0.3, 0.4) is 0 Å². The van der Waals surface area contributed by atoms with Crippen molar-refractivity contribution in [3.8, 4) is 17.1 Å². The lowest BCUT2D eigenvalue weighted by atomic mass is 9.97. The first kappa shape index (κ1) is 23.2. The molecule has 2 aromatic heterocycles. The second kappa shape index (κ2) is 9.95. The van der Waals surface area contributed by atoms with E-state index in [1.165, 1.54) is 18.9 Å². The Morgan fingerprint density at radius 1 is 1.11 bits per heavy atom. The number of thioether (sulfide) groups is 1. The molecule has 3 heterocycles. The number of fused-ring (bicyclic) bond motifs is 1. The SMILES string of the molecule is COC(=O)C1CCN(C(=O)CSc2nnc(-c3c[nH]c4ccccc34)n2-c2cccc(C)c2)CC1. The first-order valence-corrected chi connectivity index (χ1v) is 12.6. The van der Waals surface area contributed by atoms with Crippen LogP contribution in [0, 0.1) is 12.8 Å². The number of aryl methyl sites for hydroxylation is 1. The number of aromatic amines is 1. The Labute approximate surface area is 207 Å². The summed E-state index contributed by atoms with van der Waals surface area (Å²) in [5, 5.41) is 10.7. The summed E-state index contributed by atoms with van der Waals surface area (Å²) >= 11 is 1.38. The van der Waals surface area contributed by atoms with E-state index in [4.69, 9.17) is 4.74 Å². The fourth-order valence-corrected chi connectivity index (χ4v) is 5.40. The largest absolute Gasteiger partial charge is 0.469 e. The maximum Gasteiger partial charge on any atom is 0.308 e. The van der Waals surface area contributed by atoms with Crippen LogP contribution < -0.4 is 0 Å². The number of nitrogens with one attached hydrogen (secondary N) is 1. The van der Waals surface area contributed by atoms with Crippen LogP contribution >= 0.6 is 11.8 Å². The molecule has 5 rings (SSSR count). The lowest BCUT2D eigenvalue weighted by Crippen LogP contribution is -2.41. The molecule has 8 nitrogen and oxygen atoms in total. The van der Waals surface area contributed by atoms with Gasteiger partial charge in [-0.1, -0.05) is 42.1 Å². The van der Waals surface area contributed by atoms with E-state index in [-0.39, 0.29) is 23.5 Å². The third-order valence-corrected chi connectivity index (χ3v) is 7.34. The zero-order valence-corrected chi connectivity index (χ0v) is 20.5. The van der Waals surface area contributed by atoms with E-state index < -0.39 is 0 Å². The molecule has 1 fully saturated rings.